The summed E-state index contributed by atoms with van der Waals surface area (Å²) in [6.07, 6.45) is 4.64. The van der Waals surface area contributed by atoms with E-state index in [-0.39, 0.29) is 0 Å². The lowest BCUT2D eigenvalue weighted by molar-refractivity contribution is 0.0124. The quantitative estimate of drug-likeness (QED) is 0.778. The van der Waals surface area contributed by atoms with Gasteiger partial charge in [0.2, 0.25) is 0 Å². The third-order valence-corrected chi connectivity index (χ3v) is 4.90. The van der Waals surface area contributed by atoms with Crippen LogP contribution in [0.3, 0.4) is 0 Å². The zero-order chi connectivity index (χ0) is 13.8. The summed E-state index contributed by atoms with van der Waals surface area (Å²) in [4.78, 5) is 5.22. The zero-order valence-electron chi connectivity index (χ0n) is 12.7. The Labute approximate surface area is 122 Å². The Morgan fingerprint density at radius 3 is 2.65 bits per heavy atom. The van der Waals surface area contributed by atoms with Gasteiger partial charge in [0.25, 0.3) is 0 Å². The molecule has 20 heavy (non-hydrogen) atoms. The summed E-state index contributed by atoms with van der Waals surface area (Å²) >= 11 is 0. The van der Waals surface area contributed by atoms with Crippen molar-refractivity contribution in [3.8, 4) is 0 Å². The van der Waals surface area contributed by atoms with E-state index in [1.54, 1.807) is 0 Å². The summed E-state index contributed by atoms with van der Waals surface area (Å²) in [5, 5.41) is 3.22. The molecule has 5 heteroatoms. The van der Waals surface area contributed by atoms with Crippen LogP contribution in [-0.4, -0.2) is 87.6 Å². The Morgan fingerprint density at radius 1 is 1.05 bits per heavy atom. The molecule has 0 aromatic rings. The number of likely N-dealkylation sites (tertiary alicyclic amines) is 1. The van der Waals surface area contributed by atoms with E-state index >= 15 is 0 Å². The van der Waals surface area contributed by atoms with E-state index in [0.717, 1.165) is 45.4 Å². The molecule has 3 saturated heterocycles. The second-order valence-electron chi connectivity index (χ2n) is 6.37. The fourth-order valence-corrected chi connectivity index (χ4v) is 3.80. The molecule has 3 atom stereocenters. The third kappa shape index (κ3) is 3.71. The predicted molar refractivity (Wildman–Crippen MR) is 79.1 cm³/mol. The van der Waals surface area contributed by atoms with Gasteiger partial charge in [-0.3, -0.25) is 9.80 Å². The highest BCUT2D eigenvalue weighted by atomic mass is 16.5. The van der Waals surface area contributed by atoms with Crippen LogP contribution in [0.1, 0.15) is 19.3 Å². The molecule has 116 valence electrons. The maximum absolute atomic E-state index is 6.11. The molecule has 3 heterocycles. The Morgan fingerprint density at radius 2 is 1.85 bits per heavy atom. The largest absolute Gasteiger partial charge is 0.379 e. The van der Waals surface area contributed by atoms with Crippen LogP contribution in [0.5, 0.6) is 0 Å². The SMILES string of the molecule is CNCC1CCC(CN2CCC(N3CCOCC3)C2)O1. The molecular formula is C15H29N3O2. The Bertz CT molecular complexity index is 297. The summed E-state index contributed by atoms with van der Waals surface area (Å²) in [5.74, 6) is 0. The molecule has 5 nitrogen and oxygen atoms in total. The van der Waals surface area contributed by atoms with Crippen LogP contribution in [-0.2, 0) is 9.47 Å². The van der Waals surface area contributed by atoms with Crippen molar-refractivity contribution in [1.82, 2.24) is 15.1 Å². The molecule has 0 radical (unpaired) electrons. The molecule has 0 aromatic heterocycles. The molecular weight excluding hydrogens is 254 g/mol. The zero-order valence-corrected chi connectivity index (χ0v) is 12.7. The van der Waals surface area contributed by atoms with Crippen LogP contribution >= 0.6 is 0 Å². The van der Waals surface area contributed by atoms with Crippen LogP contribution in [0.2, 0.25) is 0 Å². The molecule has 0 aliphatic carbocycles. The second kappa shape index (κ2) is 7.18. The molecule has 0 amide bonds. The van der Waals surface area contributed by atoms with Gasteiger partial charge in [-0.1, -0.05) is 0 Å². The van der Waals surface area contributed by atoms with Gasteiger partial charge in [-0.15, -0.1) is 0 Å². The van der Waals surface area contributed by atoms with Crippen LogP contribution in [0.4, 0.5) is 0 Å². The Hall–Kier alpha value is -0.200. The number of rotatable bonds is 5. The highest BCUT2D eigenvalue weighted by Crippen LogP contribution is 2.23. The standard InChI is InChI=1S/C15H29N3O2/c1-16-10-14-2-3-15(20-14)12-17-5-4-13(11-17)18-6-8-19-9-7-18/h13-16H,2-12H2,1H3. The molecule has 0 saturated carbocycles. The average Bonchev–Trinajstić information content (AvgIpc) is 3.11. The number of nitrogens with zero attached hydrogens (tertiary/aromatic N) is 2. The first-order valence-electron chi connectivity index (χ1n) is 8.19. The van der Waals surface area contributed by atoms with Crippen molar-refractivity contribution >= 4 is 0 Å². The maximum atomic E-state index is 6.11. The minimum atomic E-state index is 0.433. The second-order valence-corrected chi connectivity index (χ2v) is 6.37. The number of likely N-dealkylation sites (N-methyl/N-ethyl adjacent to an activating group) is 1. The van der Waals surface area contributed by atoms with E-state index in [4.69, 9.17) is 9.47 Å². The van der Waals surface area contributed by atoms with Crippen molar-refractivity contribution in [1.29, 1.82) is 0 Å². The van der Waals surface area contributed by atoms with Gasteiger partial charge < -0.3 is 14.8 Å². The first kappa shape index (κ1) is 14.7. The van der Waals surface area contributed by atoms with E-state index in [9.17, 15) is 0 Å². The van der Waals surface area contributed by atoms with E-state index in [0.29, 0.717) is 12.2 Å². The Balaban J connectivity index is 1.39. The topological polar surface area (TPSA) is 37.0 Å². The number of hydrogen-bond acceptors (Lipinski definition) is 5. The molecule has 3 fully saturated rings. The van der Waals surface area contributed by atoms with Gasteiger partial charge in [0.1, 0.15) is 0 Å². The number of morpholine rings is 1. The van der Waals surface area contributed by atoms with Crippen molar-refractivity contribution in [2.75, 3.05) is 59.5 Å². The van der Waals surface area contributed by atoms with Crippen molar-refractivity contribution in [3.63, 3.8) is 0 Å². The predicted octanol–water partition coefficient (Wildman–Crippen LogP) is 0.160. The van der Waals surface area contributed by atoms with Crippen molar-refractivity contribution in [2.24, 2.45) is 0 Å². The van der Waals surface area contributed by atoms with Crippen LogP contribution < -0.4 is 5.32 Å². The summed E-state index contributed by atoms with van der Waals surface area (Å²) in [7, 11) is 2.00. The van der Waals surface area contributed by atoms with Gasteiger partial charge in [0.15, 0.2) is 0 Å². The lowest BCUT2D eigenvalue weighted by Crippen LogP contribution is -2.45. The van der Waals surface area contributed by atoms with Crippen molar-refractivity contribution in [3.05, 3.63) is 0 Å². The fourth-order valence-electron chi connectivity index (χ4n) is 3.80. The summed E-state index contributed by atoms with van der Waals surface area (Å²) in [6.45, 7) is 8.62. The van der Waals surface area contributed by atoms with Crippen LogP contribution in [0.15, 0.2) is 0 Å². The molecule has 0 bridgehead atoms. The lowest BCUT2D eigenvalue weighted by Gasteiger charge is -2.32. The minimum absolute atomic E-state index is 0.433. The highest BCUT2D eigenvalue weighted by molar-refractivity contribution is 4.87. The van der Waals surface area contributed by atoms with Gasteiger partial charge >= 0.3 is 0 Å². The number of ether oxygens (including phenoxy) is 2. The smallest absolute Gasteiger partial charge is 0.0707 e. The highest BCUT2D eigenvalue weighted by Gasteiger charge is 2.32. The van der Waals surface area contributed by atoms with Crippen molar-refractivity contribution < 1.29 is 9.47 Å². The van der Waals surface area contributed by atoms with E-state index < -0.39 is 0 Å². The molecule has 3 aliphatic heterocycles. The Kier molecular flexibility index (Phi) is 5.29. The van der Waals surface area contributed by atoms with Crippen LogP contribution in [0, 0.1) is 0 Å². The normalized spacial score (nSPS) is 36.8. The minimum Gasteiger partial charge on any atom is -0.379 e. The molecule has 0 aromatic carbocycles. The third-order valence-electron chi connectivity index (χ3n) is 4.90. The van der Waals surface area contributed by atoms with E-state index in [1.165, 1.54) is 32.4 Å². The summed E-state index contributed by atoms with van der Waals surface area (Å²) < 4.78 is 11.6. The molecule has 3 rings (SSSR count). The van der Waals surface area contributed by atoms with Gasteiger partial charge in [-0.05, 0) is 32.9 Å². The first-order chi connectivity index (χ1) is 9.85. The van der Waals surface area contributed by atoms with Gasteiger partial charge in [-0.2, -0.15) is 0 Å². The van der Waals surface area contributed by atoms with E-state index in [2.05, 4.69) is 15.1 Å². The fraction of sp³-hybridized carbons (Fsp3) is 1.00. The summed E-state index contributed by atoms with van der Waals surface area (Å²) in [6, 6.07) is 0.744. The molecule has 0 spiro atoms. The van der Waals surface area contributed by atoms with E-state index in [1.807, 2.05) is 7.05 Å². The maximum Gasteiger partial charge on any atom is 0.0707 e. The number of nitrogens with one attached hydrogen (secondary N) is 1. The van der Waals surface area contributed by atoms with Gasteiger partial charge in [0.05, 0.1) is 25.4 Å². The molecule has 1 N–H and O–H groups in total. The van der Waals surface area contributed by atoms with Crippen molar-refractivity contribution in [2.45, 2.75) is 37.5 Å². The number of hydrogen-bond donors (Lipinski definition) is 1. The molecule has 3 unspecified atom stereocenters. The van der Waals surface area contributed by atoms with Crippen LogP contribution in [0.25, 0.3) is 0 Å². The first-order valence-corrected chi connectivity index (χ1v) is 8.19. The summed E-state index contributed by atoms with van der Waals surface area (Å²) in [5.41, 5.74) is 0. The van der Waals surface area contributed by atoms with Gasteiger partial charge in [-0.25, -0.2) is 0 Å². The molecule has 3 aliphatic rings. The van der Waals surface area contributed by atoms with Gasteiger partial charge in [0, 0.05) is 38.8 Å². The average molecular weight is 283 g/mol. The lowest BCUT2D eigenvalue weighted by atomic mass is 10.2. The monoisotopic (exact) mass is 283 g/mol.